The summed E-state index contributed by atoms with van der Waals surface area (Å²) in [5.74, 6) is 0.511. The van der Waals surface area contributed by atoms with Gasteiger partial charge in [-0.25, -0.2) is 0 Å². The highest BCUT2D eigenvalue weighted by Gasteiger charge is 2.29. The number of hydrogen-bond donors (Lipinski definition) is 2. The fourth-order valence-corrected chi connectivity index (χ4v) is 5.28. The second kappa shape index (κ2) is 9.30. The molecular weight excluding hydrogens is 424 g/mol. The Morgan fingerprint density at radius 1 is 1.07 bits per heavy atom. The van der Waals surface area contributed by atoms with Crippen LogP contribution in [0.2, 0.25) is 0 Å². The van der Waals surface area contributed by atoms with Gasteiger partial charge in [0.25, 0.3) is 0 Å². The summed E-state index contributed by atoms with van der Waals surface area (Å²) in [6, 6.07) is 0. The van der Waals surface area contributed by atoms with E-state index in [0.29, 0.717) is 27.8 Å². The Labute approximate surface area is 180 Å². The molecule has 3 aromatic rings. The van der Waals surface area contributed by atoms with Gasteiger partial charge in [0.1, 0.15) is 10.0 Å². The van der Waals surface area contributed by atoms with Crippen LogP contribution in [0.3, 0.4) is 0 Å². The van der Waals surface area contributed by atoms with Crippen LogP contribution in [0.15, 0.2) is 18.6 Å². The molecule has 0 saturated heterocycles. The van der Waals surface area contributed by atoms with Crippen molar-refractivity contribution in [2.24, 2.45) is 5.92 Å². The highest BCUT2D eigenvalue weighted by atomic mass is 32.1. The van der Waals surface area contributed by atoms with Crippen molar-refractivity contribution in [3.05, 3.63) is 34.3 Å². The summed E-state index contributed by atoms with van der Waals surface area (Å²) < 4.78 is 0. The number of nitrogens with one attached hydrogen (secondary N) is 2. The molecule has 2 atom stereocenters. The maximum Gasteiger partial charge on any atom is 0.232 e. The van der Waals surface area contributed by atoms with Gasteiger partial charge in [0.15, 0.2) is 0 Å². The number of hydrogen-bond acceptors (Lipinski definition) is 10. The van der Waals surface area contributed by atoms with Crippen LogP contribution in [-0.4, -0.2) is 42.2 Å². The number of carbonyl (C=O) groups excluding carboxylic acids is 2. The Bertz CT molecular complexity index is 1020. The largest absolute Gasteiger partial charge is 0.301 e. The van der Waals surface area contributed by atoms with E-state index in [-0.39, 0.29) is 18.2 Å². The number of carbonyl (C=O) groups is 2. The third kappa shape index (κ3) is 5.39. The Kier molecular flexibility index (Phi) is 6.33. The first kappa shape index (κ1) is 20.4. The summed E-state index contributed by atoms with van der Waals surface area (Å²) in [7, 11) is 0. The van der Waals surface area contributed by atoms with Crippen LogP contribution in [0.5, 0.6) is 0 Å². The van der Waals surface area contributed by atoms with E-state index in [4.69, 9.17) is 0 Å². The van der Waals surface area contributed by atoms with Crippen molar-refractivity contribution in [3.8, 4) is 0 Å². The monoisotopic (exact) mass is 444 g/mol. The van der Waals surface area contributed by atoms with Gasteiger partial charge in [-0.1, -0.05) is 22.7 Å². The predicted octanol–water partition coefficient (Wildman–Crippen LogP) is 2.45. The van der Waals surface area contributed by atoms with Gasteiger partial charge in [0.05, 0.1) is 12.1 Å². The first-order valence-electron chi connectivity index (χ1n) is 9.53. The van der Waals surface area contributed by atoms with E-state index in [1.54, 1.807) is 18.6 Å². The number of aromatic nitrogens is 6. The molecule has 0 aliphatic heterocycles. The molecule has 0 radical (unpaired) electrons. The van der Waals surface area contributed by atoms with E-state index in [0.717, 1.165) is 35.7 Å². The van der Waals surface area contributed by atoms with Gasteiger partial charge in [0.2, 0.25) is 22.1 Å². The van der Waals surface area contributed by atoms with Crippen LogP contribution in [-0.2, 0) is 22.4 Å². The molecule has 1 fully saturated rings. The third-order valence-corrected chi connectivity index (χ3v) is 6.61. The van der Waals surface area contributed by atoms with Gasteiger partial charge in [-0.2, -0.15) is 0 Å². The van der Waals surface area contributed by atoms with Crippen LogP contribution in [0.1, 0.15) is 47.8 Å². The van der Waals surface area contributed by atoms with Crippen molar-refractivity contribution >= 4 is 44.8 Å². The molecule has 1 aliphatic carbocycles. The Balaban J connectivity index is 1.27. The molecule has 0 aromatic carbocycles. The zero-order valence-electron chi connectivity index (χ0n) is 16.2. The molecule has 4 rings (SSSR count). The second-order valence-corrected chi connectivity index (χ2v) is 9.20. The smallest absolute Gasteiger partial charge is 0.232 e. The summed E-state index contributed by atoms with van der Waals surface area (Å²) in [6.07, 6.45) is 8.79. The minimum Gasteiger partial charge on any atom is -0.301 e. The van der Waals surface area contributed by atoms with E-state index < -0.39 is 0 Å². The van der Waals surface area contributed by atoms with E-state index in [1.165, 1.54) is 29.6 Å². The summed E-state index contributed by atoms with van der Waals surface area (Å²) in [4.78, 5) is 31.3. The summed E-state index contributed by atoms with van der Waals surface area (Å²) in [6.45, 7) is 1.46. The maximum atomic E-state index is 12.1. The van der Waals surface area contributed by atoms with Crippen molar-refractivity contribution in [1.29, 1.82) is 0 Å². The van der Waals surface area contributed by atoms with E-state index in [1.807, 2.05) is 0 Å². The Hall–Kier alpha value is -2.86. The minimum absolute atomic E-state index is 0.141. The lowest BCUT2D eigenvalue weighted by molar-refractivity contribution is -0.116. The lowest BCUT2D eigenvalue weighted by Crippen LogP contribution is -2.15. The SMILES string of the molecule is CC(=O)Nc1nnc(C2CCC(Cc3nnc(NC(=O)Cc4cnccn4)s3)C2)s1. The van der Waals surface area contributed by atoms with Gasteiger partial charge in [0, 0.05) is 37.9 Å². The molecule has 1 saturated carbocycles. The first-order chi connectivity index (χ1) is 14.5. The van der Waals surface area contributed by atoms with Gasteiger partial charge >= 0.3 is 0 Å². The van der Waals surface area contributed by atoms with E-state index in [9.17, 15) is 9.59 Å². The summed E-state index contributed by atoms with van der Waals surface area (Å²) >= 11 is 2.85. The fraction of sp³-hybridized carbons (Fsp3) is 0.444. The standard InChI is InChI=1S/C18H20N8O2S2/c1-10(27)21-17-26-24-16(30-17)12-3-2-11(6-12)7-15-23-25-18(29-15)22-14(28)8-13-9-19-4-5-20-13/h4-5,9,11-12H,2-3,6-8H2,1H3,(H,21,26,27)(H,22,25,28). The average Bonchev–Trinajstić information content (AvgIpc) is 3.44. The third-order valence-electron chi connectivity index (χ3n) is 4.75. The van der Waals surface area contributed by atoms with Crippen molar-refractivity contribution < 1.29 is 9.59 Å². The summed E-state index contributed by atoms with van der Waals surface area (Å²) in [5, 5.41) is 25.0. The molecule has 12 heteroatoms. The molecule has 0 bridgehead atoms. The average molecular weight is 445 g/mol. The fourth-order valence-electron chi connectivity index (χ4n) is 3.47. The van der Waals surface area contributed by atoms with E-state index in [2.05, 4.69) is 41.0 Å². The summed E-state index contributed by atoms with van der Waals surface area (Å²) in [5.41, 5.74) is 0.607. The molecule has 2 N–H and O–H groups in total. The van der Waals surface area contributed by atoms with Crippen LogP contribution >= 0.6 is 22.7 Å². The molecule has 0 spiro atoms. The van der Waals surface area contributed by atoms with Crippen LogP contribution < -0.4 is 10.6 Å². The zero-order chi connectivity index (χ0) is 20.9. The topological polar surface area (TPSA) is 136 Å². The normalized spacial score (nSPS) is 18.3. The Morgan fingerprint density at radius 2 is 1.90 bits per heavy atom. The molecule has 10 nitrogen and oxygen atoms in total. The van der Waals surface area contributed by atoms with Crippen LogP contribution in [0, 0.1) is 5.92 Å². The lowest BCUT2D eigenvalue weighted by atomic mass is 10.0. The zero-order valence-corrected chi connectivity index (χ0v) is 17.9. The van der Waals surface area contributed by atoms with Crippen molar-refractivity contribution in [2.75, 3.05) is 10.6 Å². The minimum atomic E-state index is -0.189. The molecule has 156 valence electrons. The lowest BCUT2D eigenvalue weighted by Gasteiger charge is -2.06. The molecule has 3 heterocycles. The number of amides is 2. The maximum absolute atomic E-state index is 12.1. The van der Waals surface area contributed by atoms with Crippen molar-refractivity contribution in [3.63, 3.8) is 0 Å². The van der Waals surface area contributed by atoms with Crippen molar-refractivity contribution in [1.82, 2.24) is 30.4 Å². The van der Waals surface area contributed by atoms with Crippen LogP contribution in [0.25, 0.3) is 0 Å². The van der Waals surface area contributed by atoms with Crippen molar-refractivity contribution in [2.45, 2.75) is 44.9 Å². The Morgan fingerprint density at radius 3 is 2.70 bits per heavy atom. The molecule has 30 heavy (non-hydrogen) atoms. The van der Waals surface area contributed by atoms with Gasteiger partial charge < -0.3 is 10.6 Å². The predicted molar refractivity (Wildman–Crippen MR) is 112 cm³/mol. The molecule has 2 unspecified atom stereocenters. The number of anilines is 2. The highest BCUT2D eigenvalue weighted by Crippen LogP contribution is 2.41. The second-order valence-electron chi connectivity index (χ2n) is 7.13. The van der Waals surface area contributed by atoms with Crippen LogP contribution in [0.4, 0.5) is 10.3 Å². The molecular formula is C18H20N8O2S2. The first-order valence-corrected chi connectivity index (χ1v) is 11.2. The highest BCUT2D eigenvalue weighted by molar-refractivity contribution is 7.15. The van der Waals surface area contributed by atoms with Gasteiger partial charge in [-0.3, -0.25) is 19.6 Å². The molecule has 2 amide bonds. The molecule has 1 aliphatic rings. The molecule has 3 aromatic heterocycles. The van der Waals surface area contributed by atoms with Gasteiger partial charge in [-0.15, -0.1) is 20.4 Å². The number of nitrogens with zero attached hydrogens (tertiary/aromatic N) is 6. The van der Waals surface area contributed by atoms with E-state index >= 15 is 0 Å². The number of rotatable bonds is 7. The van der Waals surface area contributed by atoms with Gasteiger partial charge in [-0.05, 0) is 25.2 Å². The quantitative estimate of drug-likeness (QED) is 0.567.